The zero-order valence-electron chi connectivity index (χ0n) is 26.9. The first kappa shape index (κ1) is 28.1. The number of aryl methyl sites for hydroxylation is 2. The highest BCUT2D eigenvalue weighted by Crippen LogP contribution is 2.43. The average molecular weight is 616 g/mol. The summed E-state index contributed by atoms with van der Waals surface area (Å²) in [5.41, 5.74) is 12.5. The van der Waals surface area contributed by atoms with Crippen molar-refractivity contribution in [1.82, 2.24) is 9.55 Å². The number of nitrogens with zero attached hydrogens (tertiary/aromatic N) is 3. The lowest BCUT2D eigenvalue weighted by Gasteiger charge is -2.26. The van der Waals surface area contributed by atoms with E-state index >= 15 is 0 Å². The maximum Gasteiger partial charge on any atom is 0.0788 e. The molecule has 0 saturated carbocycles. The Labute approximate surface area is 280 Å². The SMILES string of the molecule is Cc1ccc(N(c2ccc(C)cc2)c2ccc(-c3nc4ccccc4c4c3ccc3c4c4ccccc4n3-c3ccccc3)cc2)cc1. The number of fused-ring (bicyclic) bond motifs is 7. The fourth-order valence-corrected chi connectivity index (χ4v) is 7.18. The number of anilines is 3. The first-order valence-corrected chi connectivity index (χ1v) is 16.5. The van der Waals surface area contributed by atoms with Crippen molar-refractivity contribution in [2.24, 2.45) is 0 Å². The summed E-state index contributed by atoms with van der Waals surface area (Å²) in [6, 6.07) is 58.9. The summed E-state index contributed by atoms with van der Waals surface area (Å²) in [7, 11) is 0. The van der Waals surface area contributed by atoms with Gasteiger partial charge in [-0.3, -0.25) is 0 Å². The highest BCUT2D eigenvalue weighted by molar-refractivity contribution is 6.29. The third kappa shape index (κ3) is 4.55. The summed E-state index contributed by atoms with van der Waals surface area (Å²) in [6.07, 6.45) is 0. The Morgan fingerprint density at radius 1 is 0.438 bits per heavy atom. The van der Waals surface area contributed by atoms with Crippen LogP contribution in [0.4, 0.5) is 17.1 Å². The van der Waals surface area contributed by atoms with Crippen LogP contribution in [-0.4, -0.2) is 9.55 Å². The van der Waals surface area contributed by atoms with Gasteiger partial charge in [0, 0.05) is 55.2 Å². The summed E-state index contributed by atoms with van der Waals surface area (Å²) in [5.74, 6) is 0. The third-order valence-electron chi connectivity index (χ3n) is 9.50. The lowest BCUT2D eigenvalue weighted by atomic mass is 9.96. The molecule has 0 bridgehead atoms. The number of rotatable bonds is 5. The second-order valence-corrected chi connectivity index (χ2v) is 12.6. The predicted octanol–water partition coefficient (Wildman–Crippen LogP) is 12.2. The van der Waals surface area contributed by atoms with E-state index in [0.29, 0.717) is 0 Å². The molecule has 228 valence electrons. The van der Waals surface area contributed by atoms with E-state index in [1.165, 1.54) is 43.7 Å². The second kappa shape index (κ2) is 11.3. The Hall–Kier alpha value is -6.19. The zero-order valence-corrected chi connectivity index (χ0v) is 26.9. The molecule has 0 spiro atoms. The molecule has 0 fully saturated rings. The Bertz CT molecular complexity index is 2550. The molecule has 2 heterocycles. The van der Waals surface area contributed by atoms with E-state index in [1.54, 1.807) is 0 Å². The first-order valence-electron chi connectivity index (χ1n) is 16.5. The Morgan fingerprint density at radius 2 is 1.00 bits per heavy atom. The van der Waals surface area contributed by atoms with E-state index in [2.05, 4.69) is 187 Å². The van der Waals surface area contributed by atoms with Gasteiger partial charge in [-0.25, -0.2) is 4.98 Å². The van der Waals surface area contributed by atoms with Gasteiger partial charge in [0.1, 0.15) is 0 Å². The molecule has 3 heteroatoms. The van der Waals surface area contributed by atoms with Crippen LogP contribution in [0.25, 0.3) is 60.4 Å². The van der Waals surface area contributed by atoms with E-state index in [-0.39, 0.29) is 0 Å². The van der Waals surface area contributed by atoms with Gasteiger partial charge in [0.05, 0.1) is 22.2 Å². The monoisotopic (exact) mass is 615 g/mol. The molecule has 7 aromatic carbocycles. The minimum atomic E-state index is 0.992. The summed E-state index contributed by atoms with van der Waals surface area (Å²) in [5, 5.41) is 6.06. The third-order valence-corrected chi connectivity index (χ3v) is 9.50. The molecule has 0 unspecified atom stereocenters. The van der Waals surface area contributed by atoms with Crippen molar-refractivity contribution in [3.8, 4) is 16.9 Å². The van der Waals surface area contributed by atoms with E-state index < -0.39 is 0 Å². The number of para-hydroxylation sites is 3. The van der Waals surface area contributed by atoms with Crippen LogP contribution in [-0.2, 0) is 0 Å². The Kier molecular flexibility index (Phi) is 6.58. The number of aromatic nitrogens is 2. The van der Waals surface area contributed by atoms with Crippen LogP contribution in [0.2, 0.25) is 0 Å². The van der Waals surface area contributed by atoms with E-state index in [0.717, 1.165) is 44.9 Å². The van der Waals surface area contributed by atoms with Crippen LogP contribution in [0.15, 0.2) is 164 Å². The van der Waals surface area contributed by atoms with Crippen molar-refractivity contribution in [2.75, 3.05) is 4.90 Å². The highest BCUT2D eigenvalue weighted by Gasteiger charge is 2.20. The minimum absolute atomic E-state index is 0.992. The van der Waals surface area contributed by atoms with Crippen molar-refractivity contribution in [3.63, 3.8) is 0 Å². The smallest absolute Gasteiger partial charge is 0.0788 e. The fraction of sp³-hybridized carbons (Fsp3) is 0.0444. The molecule has 0 atom stereocenters. The molecule has 0 amide bonds. The van der Waals surface area contributed by atoms with Gasteiger partial charge >= 0.3 is 0 Å². The van der Waals surface area contributed by atoms with E-state index in [4.69, 9.17) is 4.98 Å². The molecular formula is C45H33N3. The molecule has 9 aromatic rings. The van der Waals surface area contributed by atoms with Crippen LogP contribution in [0.5, 0.6) is 0 Å². The van der Waals surface area contributed by atoms with Gasteiger partial charge in [0.25, 0.3) is 0 Å². The van der Waals surface area contributed by atoms with Crippen molar-refractivity contribution >= 4 is 60.5 Å². The van der Waals surface area contributed by atoms with Crippen LogP contribution < -0.4 is 4.90 Å². The number of hydrogen-bond donors (Lipinski definition) is 0. The van der Waals surface area contributed by atoms with Gasteiger partial charge in [-0.2, -0.15) is 0 Å². The second-order valence-electron chi connectivity index (χ2n) is 12.6. The van der Waals surface area contributed by atoms with Crippen molar-refractivity contribution in [3.05, 3.63) is 175 Å². The zero-order chi connectivity index (χ0) is 32.2. The lowest BCUT2D eigenvalue weighted by Crippen LogP contribution is -2.09. The molecular weight excluding hydrogens is 583 g/mol. The number of pyridine rings is 1. The molecule has 0 aliphatic carbocycles. The van der Waals surface area contributed by atoms with E-state index in [9.17, 15) is 0 Å². The lowest BCUT2D eigenvalue weighted by molar-refractivity contribution is 1.18. The Balaban J connectivity index is 1.27. The quantitative estimate of drug-likeness (QED) is 0.180. The first-order chi connectivity index (χ1) is 23.6. The van der Waals surface area contributed by atoms with Crippen molar-refractivity contribution in [1.29, 1.82) is 0 Å². The van der Waals surface area contributed by atoms with Gasteiger partial charge in [-0.15, -0.1) is 0 Å². The molecule has 2 aromatic heterocycles. The maximum absolute atomic E-state index is 5.32. The molecule has 0 saturated heterocycles. The number of hydrogen-bond acceptors (Lipinski definition) is 2. The van der Waals surface area contributed by atoms with Crippen LogP contribution in [0.3, 0.4) is 0 Å². The maximum atomic E-state index is 5.32. The van der Waals surface area contributed by atoms with Gasteiger partial charge in [0.2, 0.25) is 0 Å². The largest absolute Gasteiger partial charge is 0.311 e. The minimum Gasteiger partial charge on any atom is -0.311 e. The molecule has 48 heavy (non-hydrogen) atoms. The standard InChI is InChI=1S/C45H33N3/c1-30-16-22-34(23-17-30)47(35-24-18-31(2)19-25-35)36-26-20-32(21-27-36)45-39-28-29-42-44(43(39)37-12-6-8-14-40(37)46-45)38-13-7-9-15-41(38)48(42)33-10-4-3-5-11-33/h3-29H,1-2H3. The predicted molar refractivity (Wildman–Crippen MR) is 203 cm³/mol. The summed E-state index contributed by atoms with van der Waals surface area (Å²) >= 11 is 0. The average Bonchev–Trinajstić information content (AvgIpc) is 3.48. The van der Waals surface area contributed by atoms with E-state index in [1.807, 2.05) is 0 Å². The van der Waals surface area contributed by atoms with Crippen LogP contribution >= 0.6 is 0 Å². The van der Waals surface area contributed by atoms with Gasteiger partial charge in [-0.1, -0.05) is 108 Å². The molecule has 9 rings (SSSR count). The highest BCUT2D eigenvalue weighted by atomic mass is 15.1. The van der Waals surface area contributed by atoms with Gasteiger partial charge < -0.3 is 9.47 Å². The summed E-state index contributed by atoms with van der Waals surface area (Å²) < 4.78 is 2.39. The van der Waals surface area contributed by atoms with Crippen molar-refractivity contribution in [2.45, 2.75) is 13.8 Å². The molecule has 0 aliphatic heterocycles. The molecule has 3 nitrogen and oxygen atoms in total. The van der Waals surface area contributed by atoms with Crippen LogP contribution in [0.1, 0.15) is 11.1 Å². The number of benzene rings is 7. The Morgan fingerprint density at radius 3 is 1.67 bits per heavy atom. The fourth-order valence-electron chi connectivity index (χ4n) is 7.18. The van der Waals surface area contributed by atoms with Crippen LogP contribution in [0, 0.1) is 13.8 Å². The normalized spacial score (nSPS) is 11.5. The molecule has 0 N–H and O–H groups in total. The van der Waals surface area contributed by atoms with Gasteiger partial charge in [0.15, 0.2) is 0 Å². The molecule has 0 aliphatic rings. The molecule has 0 radical (unpaired) electrons. The topological polar surface area (TPSA) is 21.1 Å². The summed E-state index contributed by atoms with van der Waals surface area (Å²) in [4.78, 5) is 7.63. The van der Waals surface area contributed by atoms with Gasteiger partial charge in [-0.05, 0) is 80.6 Å². The van der Waals surface area contributed by atoms with Crippen molar-refractivity contribution < 1.29 is 0 Å². The summed E-state index contributed by atoms with van der Waals surface area (Å²) in [6.45, 7) is 4.26.